The van der Waals surface area contributed by atoms with Gasteiger partial charge in [0.1, 0.15) is 12.0 Å². The van der Waals surface area contributed by atoms with Gasteiger partial charge in [0.05, 0.1) is 39.4 Å². The highest BCUT2D eigenvalue weighted by Crippen LogP contribution is 2.41. The van der Waals surface area contributed by atoms with Crippen LogP contribution in [0.2, 0.25) is 0 Å². The van der Waals surface area contributed by atoms with Gasteiger partial charge in [-0.3, -0.25) is 0 Å². The molecule has 300 valence electrons. The Hall–Kier alpha value is -8.79. The van der Waals surface area contributed by atoms with Crippen LogP contribution in [0.25, 0.3) is 77.2 Å². The molecular weight excluding hydrogens is 781 g/mol. The Kier molecular flexibility index (Phi) is 8.84. The van der Waals surface area contributed by atoms with E-state index in [1.54, 1.807) is 0 Å². The van der Waals surface area contributed by atoms with E-state index in [0.29, 0.717) is 11.4 Å². The van der Waals surface area contributed by atoms with E-state index < -0.39 is 6.17 Å². The molecular formula is C58H38N6. The van der Waals surface area contributed by atoms with Crippen molar-refractivity contribution < 1.29 is 0 Å². The minimum absolute atomic E-state index is 0.450. The van der Waals surface area contributed by atoms with Crippen molar-refractivity contribution in [3.8, 4) is 39.7 Å². The van der Waals surface area contributed by atoms with Crippen molar-refractivity contribution in [1.82, 2.24) is 14.5 Å². The lowest BCUT2D eigenvalue weighted by atomic mass is 9.99. The minimum Gasteiger partial charge on any atom is -0.344 e. The van der Waals surface area contributed by atoms with Gasteiger partial charge in [0, 0.05) is 38.4 Å². The van der Waals surface area contributed by atoms with Gasteiger partial charge < -0.3 is 14.5 Å². The highest BCUT2D eigenvalue weighted by Gasteiger charge is 2.25. The fourth-order valence-electron chi connectivity index (χ4n) is 9.42. The second kappa shape index (κ2) is 15.3. The summed E-state index contributed by atoms with van der Waals surface area (Å²) >= 11 is 0. The van der Waals surface area contributed by atoms with Crippen molar-refractivity contribution in [3.63, 3.8) is 0 Å². The number of aromatic nitrogens is 2. The third-order valence-corrected chi connectivity index (χ3v) is 12.4. The molecule has 1 atom stereocenters. The quantitative estimate of drug-likeness (QED) is 0.174. The zero-order valence-electron chi connectivity index (χ0n) is 34.6. The zero-order valence-corrected chi connectivity index (χ0v) is 34.6. The number of fused-ring (bicyclic) bond motifs is 6. The van der Waals surface area contributed by atoms with Gasteiger partial charge in [0.25, 0.3) is 0 Å². The smallest absolute Gasteiger partial charge is 0.159 e. The highest BCUT2D eigenvalue weighted by molar-refractivity contribution is 6.17. The maximum Gasteiger partial charge on any atom is 0.159 e. The van der Waals surface area contributed by atoms with Crippen LogP contribution in [0.3, 0.4) is 0 Å². The summed E-state index contributed by atoms with van der Waals surface area (Å²) in [7, 11) is 0. The lowest BCUT2D eigenvalue weighted by Crippen LogP contribution is -2.33. The van der Waals surface area contributed by atoms with Crippen molar-refractivity contribution in [1.29, 1.82) is 5.26 Å². The predicted octanol–water partition coefficient (Wildman–Crippen LogP) is 13.6. The molecule has 6 nitrogen and oxygen atoms in total. The maximum atomic E-state index is 10.0. The van der Waals surface area contributed by atoms with Gasteiger partial charge in [-0.2, -0.15) is 5.26 Å². The van der Waals surface area contributed by atoms with Gasteiger partial charge in [0.2, 0.25) is 0 Å². The molecule has 2 aromatic heterocycles. The Morgan fingerprint density at radius 1 is 0.438 bits per heavy atom. The molecule has 1 aliphatic rings. The normalized spacial score (nSPS) is 13.8. The highest BCUT2D eigenvalue weighted by atomic mass is 15.2. The molecule has 1 N–H and O–H groups in total. The Balaban J connectivity index is 1.06. The standard InChI is InChI=1S/C58H38N6/c59-37-38-27-32-48-47-21-10-12-23-50(47)64(54(48)33-38)53-26-14-25-52-55(53)49-22-11-13-24-51(49)63(52)46-35-44(40-17-6-2-7-18-40)34-45(36-46)58-61-56(42-19-8-3-9-20-42)60-57(62-58)43-30-28-41(29-31-43)39-15-4-1-5-16-39/h1-36,58H,(H,60,61,62). The molecule has 64 heavy (non-hydrogen) atoms. The Bertz CT molecular complexity index is 3690. The van der Waals surface area contributed by atoms with E-state index in [0.717, 1.165) is 94.2 Å². The van der Waals surface area contributed by atoms with Crippen molar-refractivity contribution >= 4 is 55.3 Å². The average Bonchev–Trinajstić information content (AvgIpc) is 3.89. The van der Waals surface area contributed by atoms with Crippen LogP contribution < -0.4 is 5.32 Å². The fraction of sp³-hybridized carbons (Fsp3) is 0.0172. The van der Waals surface area contributed by atoms with E-state index in [9.17, 15) is 5.26 Å². The molecule has 0 aliphatic carbocycles. The maximum absolute atomic E-state index is 10.0. The van der Waals surface area contributed by atoms with Crippen LogP contribution in [0.5, 0.6) is 0 Å². The molecule has 9 aromatic carbocycles. The van der Waals surface area contributed by atoms with Gasteiger partial charge in [0.15, 0.2) is 5.84 Å². The third kappa shape index (κ3) is 6.26. The Labute approximate surface area is 370 Å². The summed E-state index contributed by atoms with van der Waals surface area (Å²) in [4.78, 5) is 10.5. The summed E-state index contributed by atoms with van der Waals surface area (Å²) in [5.74, 6) is 1.43. The number of hydrogen-bond donors (Lipinski definition) is 1. The number of benzene rings is 9. The van der Waals surface area contributed by atoms with Crippen LogP contribution in [0.4, 0.5) is 0 Å². The minimum atomic E-state index is -0.450. The second-order valence-electron chi connectivity index (χ2n) is 16.2. The number of amidine groups is 2. The van der Waals surface area contributed by atoms with E-state index in [1.807, 2.05) is 36.4 Å². The number of rotatable bonds is 7. The van der Waals surface area contributed by atoms with Crippen LogP contribution in [0, 0.1) is 11.3 Å². The first-order chi connectivity index (χ1) is 31.7. The third-order valence-electron chi connectivity index (χ3n) is 12.4. The van der Waals surface area contributed by atoms with Crippen LogP contribution in [-0.2, 0) is 0 Å². The summed E-state index contributed by atoms with van der Waals surface area (Å²) < 4.78 is 4.72. The molecule has 0 radical (unpaired) electrons. The van der Waals surface area contributed by atoms with Crippen molar-refractivity contribution in [2.75, 3.05) is 0 Å². The molecule has 0 fully saturated rings. The lowest BCUT2D eigenvalue weighted by molar-refractivity contribution is 0.674. The monoisotopic (exact) mass is 818 g/mol. The summed E-state index contributed by atoms with van der Waals surface area (Å²) in [6.07, 6.45) is -0.450. The topological polar surface area (TPSA) is 70.4 Å². The first-order valence-electron chi connectivity index (χ1n) is 21.5. The van der Waals surface area contributed by atoms with Crippen LogP contribution in [0.15, 0.2) is 228 Å². The van der Waals surface area contributed by atoms with Gasteiger partial charge >= 0.3 is 0 Å². The number of nitriles is 1. The molecule has 0 saturated carbocycles. The molecule has 0 saturated heterocycles. The molecule has 3 heterocycles. The molecule has 0 spiro atoms. The number of aliphatic imine (C=N–C) groups is 2. The van der Waals surface area contributed by atoms with Crippen LogP contribution >= 0.6 is 0 Å². The number of hydrogen-bond acceptors (Lipinski definition) is 4. The Morgan fingerprint density at radius 2 is 1.02 bits per heavy atom. The summed E-state index contributed by atoms with van der Waals surface area (Å²) in [5, 5.41) is 18.3. The summed E-state index contributed by atoms with van der Waals surface area (Å²) in [5.41, 5.74) is 14.4. The predicted molar refractivity (Wildman–Crippen MR) is 263 cm³/mol. The van der Waals surface area contributed by atoms with Crippen molar-refractivity contribution in [3.05, 3.63) is 241 Å². The van der Waals surface area contributed by atoms with Crippen LogP contribution in [0.1, 0.15) is 28.4 Å². The molecule has 1 aliphatic heterocycles. The first kappa shape index (κ1) is 37.0. The number of nitrogens with zero attached hydrogens (tertiary/aromatic N) is 5. The molecule has 1 unspecified atom stereocenters. The molecule has 0 bridgehead atoms. The van der Waals surface area contributed by atoms with Gasteiger partial charge in [-0.15, -0.1) is 0 Å². The SMILES string of the molecule is N#Cc1ccc2c3ccccc3n(-c3cccc4c3c3ccccc3n4-c3cc(-c4ccccc4)cc(C4N=C(c5ccccc5)N=C(c5ccc(-c6ccccc6)cc5)N4)c3)c2c1. The van der Waals surface area contributed by atoms with Crippen LogP contribution in [-0.4, -0.2) is 20.8 Å². The lowest BCUT2D eigenvalue weighted by Gasteiger charge is -2.25. The van der Waals surface area contributed by atoms with E-state index in [4.69, 9.17) is 9.98 Å². The van der Waals surface area contributed by atoms with Crippen molar-refractivity contribution in [2.45, 2.75) is 6.17 Å². The van der Waals surface area contributed by atoms with E-state index in [-0.39, 0.29) is 0 Å². The second-order valence-corrected chi connectivity index (χ2v) is 16.2. The van der Waals surface area contributed by atoms with Gasteiger partial charge in [-0.25, -0.2) is 9.98 Å². The van der Waals surface area contributed by atoms with E-state index in [2.05, 4.69) is 203 Å². The molecule has 0 amide bonds. The van der Waals surface area contributed by atoms with E-state index >= 15 is 0 Å². The molecule has 6 heteroatoms. The summed E-state index contributed by atoms with van der Waals surface area (Å²) in [6.45, 7) is 0. The largest absolute Gasteiger partial charge is 0.344 e. The Morgan fingerprint density at radius 3 is 1.73 bits per heavy atom. The number of nitrogens with one attached hydrogen (secondary N) is 1. The zero-order chi connectivity index (χ0) is 42.6. The summed E-state index contributed by atoms with van der Waals surface area (Å²) in [6, 6.07) is 78.8. The fourth-order valence-corrected chi connectivity index (χ4v) is 9.42. The first-order valence-corrected chi connectivity index (χ1v) is 21.5. The van der Waals surface area contributed by atoms with Crippen molar-refractivity contribution in [2.24, 2.45) is 9.98 Å². The van der Waals surface area contributed by atoms with Gasteiger partial charge in [-0.1, -0.05) is 164 Å². The van der Waals surface area contributed by atoms with E-state index in [1.165, 1.54) is 5.56 Å². The molecule has 12 rings (SSSR count). The number of para-hydroxylation sites is 2. The molecule has 11 aromatic rings. The average molecular weight is 819 g/mol. The van der Waals surface area contributed by atoms with Gasteiger partial charge in [-0.05, 0) is 82.4 Å².